The highest BCUT2D eigenvalue weighted by Crippen LogP contribution is 2.22. The van der Waals surface area contributed by atoms with Crippen molar-refractivity contribution in [3.63, 3.8) is 0 Å². The summed E-state index contributed by atoms with van der Waals surface area (Å²) in [4.78, 5) is 21.7. The van der Waals surface area contributed by atoms with E-state index in [1.54, 1.807) is 11.3 Å². The number of hydrogen-bond donors (Lipinski definition) is 1. The molecule has 0 bridgehead atoms. The second kappa shape index (κ2) is 11.4. The molecule has 0 saturated carbocycles. The summed E-state index contributed by atoms with van der Waals surface area (Å²) in [7, 11) is 0. The van der Waals surface area contributed by atoms with Crippen LogP contribution in [0.25, 0.3) is 0 Å². The molecule has 6 nitrogen and oxygen atoms in total. The van der Waals surface area contributed by atoms with Gasteiger partial charge in [-0.15, -0.1) is 36.2 Å². The van der Waals surface area contributed by atoms with E-state index in [1.807, 2.05) is 24.1 Å². The van der Waals surface area contributed by atoms with Crippen molar-refractivity contribution >= 4 is 42.1 Å². The first-order chi connectivity index (χ1) is 11.7. The Hall–Kier alpha value is -0.440. The molecule has 3 rings (SSSR count). The highest BCUT2D eigenvalue weighted by molar-refractivity contribution is 7.09. The van der Waals surface area contributed by atoms with Crippen molar-refractivity contribution in [1.82, 2.24) is 20.1 Å². The van der Waals surface area contributed by atoms with Crippen LogP contribution in [0.4, 0.5) is 0 Å². The molecule has 2 atom stereocenters. The SMILES string of the molecule is CCOC(C)c1nc(CC(=O)N2CCC(N3CCNCC3)C2)cs1.Cl.Cl. The lowest BCUT2D eigenvalue weighted by atomic mass is 10.2. The number of piperazine rings is 1. The van der Waals surface area contributed by atoms with Crippen LogP contribution < -0.4 is 5.32 Å². The molecule has 26 heavy (non-hydrogen) atoms. The quantitative estimate of drug-likeness (QED) is 0.757. The van der Waals surface area contributed by atoms with Gasteiger partial charge in [0.1, 0.15) is 11.1 Å². The van der Waals surface area contributed by atoms with Crippen LogP contribution in [-0.2, 0) is 16.0 Å². The van der Waals surface area contributed by atoms with E-state index >= 15 is 0 Å². The van der Waals surface area contributed by atoms with Crippen molar-refractivity contribution in [3.8, 4) is 0 Å². The molecule has 0 radical (unpaired) electrons. The van der Waals surface area contributed by atoms with Crippen molar-refractivity contribution in [2.45, 2.75) is 38.8 Å². The van der Waals surface area contributed by atoms with Gasteiger partial charge in [-0.25, -0.2) is 4.98 Å². The number of nitrogens with zero attached hydrogens (tertiary/aromatic N) is 3. The number of ether oxygens (including phenoxy) is 1. The van der Waals surface area contributed by atoms with Crippen LogP contribution in [0.5, 0.6) is 0 Å². The second-order valence-electron chi connectivity index (χ2n) is 6.52. The molecule has 2 aliphatic rings. The summed E-state index contributed by atoms with van der Waals surface area (Å²) in [5.41, 5.74) is 0.872. The number of hydrogen-bond acceptors (Lipinski definition) is 6. The molecule has 2 unspecified atom stereocenters. The lowest BCUT2D eigenvalue weighted by molar-refractivity contribution is -0.129. The summed E-state index contributed by atoms with van der Waals surface area (Å²) in [6.07, 6.45) is 1.51. The van der Waals surface area contributed by atoms with Gasteiger partial charge in [-0.3, -0.25) is 9.69 Å². The maximum absolute atomic E-state index is 12.6. The molecular formula is C17H30Cl2N4O2S. The normalized spacial score (nSPS) is 21.8. The van der Waals surface area contributed by atoms with Crippen molar-refractivity contribution in [2.75, 3.05) is 45.9 Å². The third-order valence-corrected chi connectivity index (χ3v) is 5.90. The van der Waals surface area contributed by atoms with Gasteiger partial charge in [0.05, 0.1) is 12.1 Å². The van der Waals surface area contributed by atoms with Gasteiger partial charge < -0.3 is 15.0 Å². The van der Waals surface area contributed by atoms with E-state index < -0.39 is 0 Å². The zero-order valence-corrected chi connectivity index (χ0v) is 17.9. The lowest BCUT2D eigenvalue weighted by Crippen LogP contribution is -2.49. The smallest absolute Gasteiger partial charge is 0.228 e. The maximum atomic E-state index is 12.6. The number of thiazole rings is 1. The summed E-state index contributed by atoms with van der Waals surface area (Å²) in [6, 6.07) is 0.528. The monoisotopic (exact) mass is 424 g/mol. The largest absolute Gasteiger partial charge is 0.372 e. The molecular weight excluding hydrogens is 395 g/mol. The lowest BCUT2D eigenvalue weighted by Gasteiger charge is -2.32. The first-order valence-electron chi connectivity index (χ1n) is 8.95. The van der Waals surface area contributed by atoms with Crippen LogP contribution >= 0.6 is 36.2 Å². The third-order valence-electron chi connectivity index (χ3n) is 4.85. The average molecular weight is 425 g/mol. The molecule has 1 amide bonds. The van der Waals surface area contributed by atoms with E-state index in [1.165, 1.54) is 0 Å². The molecule has 0 spiro atoms. The summed E-state index contributed by atoms with van der Waals surface area (Å²) in [5.74, 6) is 0.202. The van der Waals surface area contributed by atoms with Gasteiger partial charge in [-0.05, 0) is 20.3 Å². The number of aromatic nitrogens is 1. The van der Waals surface area contributed by atoms with Gasteiger partial charge in [-0.1, -0.05) is 0 Å². The number of likely N-dealkylation sites (tertiary alicyclic amines) is 1. The van der Waals surface area contributed by atoms with Crippen LogP contribution in [0.3, 0.4) is 0 Å². The summed E-state index contributed by atoms with van der Waals surface area (Å²) >= 11 is 1.58. The number of amides is 1. The third kappa shape index (κ3) is 6.04. The maximum Gasteiger partial charge on any atom is 0.228 e. The Labute approximate surface area is 172 Å². The molecule has 150 valence electrons. The Morgan fingerprint density at radius 1 is 1.38 bits per heavy atom. The zero-order valence-electron chi connectivity index (χ0n) is 15.5. The molecule has 0 aliphatic carbocycles. The first kappa shape index (κ1) is 23.6. The Balaban J connectivity index is 0.00000169. The van der Waals surface area contributed by atoms with Gasteiger partial charge >= 0.3 is 0 Å². The summed E-state index contributed by atoms with van der Waals surface area (Å²) < 4.78 is 5.57. The van der Waals surface area contributed by atoms with Crippen molar-refractivity contribution in [1.29, 1.82) is 0 Å². The molecule has 1 aromatic heterocycles. The van der Waals surface area contributed by atoms with Gasteiger partial charge in [0, 0.05) is 57.3 Å². The van der Waals surface area contributed by atoms with Crippen molar-refractivity contribution in [2.24, 2.45) is 0 Å². The summed E-state index contributed by atoms with van der Waals surface area (Å²) in [5, 5.41) is 6.34. The van der Waals surface area contributed by atoms with Crippen LogP contribution in [0.2, 0.25) is 0 Å². The van der Waals surface area contributed by atoms with Gasteiger partial charge in [-0.2, -0.15) is 0 Å². The fraction of sp³-hybridized carbons (Fsp3) is 0.765. The highest BCUT2D eigenvalue weighted by Gasteiger charge is 2.31. The van der Waals surface area contributed by atoms with E-state index in [0.717, 1.165) is 56.4 Å². The van der Waals surface area contributed by atoms with Crippen LogP contribution in [0.15, 0.2) is 5.38 Å². The minimum Gasteiger partial charge on any atom is -0.372 e. The molecule has 0 aromatic carbocycles. The molecule has 2 fully saturated rings. The number of nitrogens with one attached hydrogen (secondary N) is 1. The Morgan fingerprint density at radius 3 is 2.81 bits per heavy atom. The Kier molecular flexibility index (Phi) is 10.4. The molecule has 2 aliphatic heterocycles. The van der Waals surface area contributed by atoms with Gasteiger partial charge in [0.2, 0.25) is 5.91 Å². The van der Waals surface area contributed by atoms with Gasteiger partial charge in [0.15, 0.2) is 0 Å². The predicted molar refractivity (Wildman–Crippen MR) is 110 cm³/mol. The number of carbonyl (C=O) groups is 1. The topological polar surface area (TPSA) is 57.7 Å². The van der Waals surface area contributed by atoms with E-state index in [9.17, 15) is 4.79 Å². The van der Waals surface area contributed by atoms with Gasteiger partial charge in [0.25, 0.3) is 0 Å². The minimum atomic E-state index is 0. The second-order valence-corrected chi connectivity index (χ2v) is 7.41. The fourth-order valence-corrected chi connectivity index (χ4v) is 4.31. The van der Waals surface area contributed by atoms with E-state index in [0.29, 0.717) is 19.1 Å². The standard InChI is InChI=1S/C17H28N4O2S.2ClH/c1-3-23-13(2)17-19-14(12-24-17)10-16(22)21-7-4-15(11-21)20-8-5-18-6-9-20;;/h12-13,15,18H,3-11H2,1-2H3;2*1H. The highest BCUT2D eigenvalue weighted by atomic mass is 35.5. The van der Waals surface area contributed by atoms with E-state index in [-0.39, 0.29) is 36.8 Å². The van der Waals surface area contributed by atoms with Crippen molar-refractivity contribution < 1.29 is 9.53 Å². The molecule has 9 heteroatoms. The molecule has 1 aromatic rings. The molecule has 3 heterocycles. The first-order valence-corrected chi connectivity index (χ1v) is 9.83. The number of rotatable bonds is 6. The molecule has 1 N–H and O–H groups in total. The number of carbonyl (C=O) groups excluding carboxylic acids is 1. The Morgan fingerprint density at radius 2 is 2.12 bits per heavy atom. The zero-order chi connectivity index (χ0) is 16.9. The Bertz CT molecular complexity index is 555. The number of halogens is 2. The summed E-state index contributed by atoms with van der Waals surface area (Å²) in [6.45, 7) is 10.7. The van der Waals surface area contributed by atoms with Crippen LogP contribution in [0, 0.1) is 0 Å². The predicted octanol–water partition coefficient (Wildman–Crippen LogP) is 2.13. The average Bonchev–Trinajstić information content (AvgIpc) is 3.25. The van der Waals surface area contributed by atoms with Crippen molar-refractivity contribution in [3.05, 3.63) is 16.1 Å². The van der Waals surface area contributed by atoms with Crippen LogP contribution in [-0.4, -0.2) is 72.6 Å². The van der Waals surface area contributed by atoms with E-state index in [2.05, 4.69) is 15.2 Å². The van der Waals surface area contributed by atoms with E-state index in [4.69, 9.17) is 4.74 Å². The fourth-order valence-electron chi connectivity index (χ4n) is 3.49. The van der Waals surface area contributed by atoms with Crippen LogP contribution in [0.1, 0.15) is 37.1 Å². The molecule has 2 saturated heterocycles. The minimum absolute atomic E-state index is 0.